The summed E-state index contributed by atoms with van der Waals surface area (Å²) in [5.74, 6) is -0.751. The van der Waals surface area contributed by atoms with Gasteiger partial charge in [-0.1, -0.05) is 0 Å². The molecule has 1 aromatic heterocycles. The third-order valence-electron chi connectivity index (χ3n) is 3.72. The molecular weight excluding hydrogens is 395 g/mol. The molecule has 158 valence electrons. The molecular formula is C19H20F3NO6. The van der Waals surface area contributed by atoms with E-state index in [9.17, 15) is 22.8 Å². The van der Waals surface area contributed by atoms with Crippen LogP contribution < -0.4 is 10.1 Å². The average Bonchev–Trinajstić information content (AvgIpc) is 2.98. The molecule has 0 aliphatic rings. The molecule has 1 amide bonds. The minimum atomic E-state index is -4.60. The van der Waals surface area contributed by atoms with Crippen molar-refractivity contribution >= 4 is 17.6 Å². The number of hydrogen-bond donors (Lipinski definition) is 1. The molecule has 0 aliphatic carbocycles. The summed E-state index contributed by atoms with van der Waals surface area (Å²) >= 11 is 0. The highest BCUT2D eigenvalue weighted by Gasteiger charge is 2.31. The van der Waals surface area contributed by atoms with Crippen LogP contribution in [0.25, 0.3) is 0 Å². The quantitative estimate of drug-likeness (QED) is 0.522. The number of esters is 1. The molecule has 0 spiro atoms. The van der Waals surface area contributed by atoms with E-state index in [0.717, 1.165) is 18.2 Å². The van der Waals surface area contributed by atoms with Crippen LogP contribution in [0.15, 0.2) is 28.7 Å². The Bertz CT molecular complexity index is 875. The van der Waals surface area contributed by atoms with E-state index in [1.54, 1.807) is 13.8 Å². The second-order valence-corrected chi connectivity index (χ2v) is 6.00. The largest absolute Gasteiger partial charge is 0.489 e. The Morgan fingerprint density at radius 1 is 1.14 bits per heavy atom. The summed E-state index contributed by atoms with van der Waals surface area (Å²) in [6.45, 7) is 2.79. The van der Waals surface area contributed by atoms with Crippen molar-refractivity contribution in [3.8, 4) is 5.75 Å². The van der Waals surface area contributed by atoms with Gasteiger partial charge in [0.2, 0.25) is 0 Å². The standard InChI is InChI=1S/C19H20F3NO6/c1-11-8-14(12(2)29-11)18(25)28-10-17(24)23-15-9-13(19(20,21)22)4-5-16(15)27-7-6-26-3/h4-5,8-9H,6-7,10H2,1-3H3,(H,23,24). The van der Waals surface area contributed by atoms with Crippen molar-refractivity contribution < 1.29 is 41.4 Å². The monoisotopic (exact) mass is 415 g/mol. The number of hydrogen-bond acceptors (Lipinski definition) is 6. The Labute approximate surface area is 164 Å². The number of anilines is 1. The third-order valence-corrected chi connectivity index (χ3v) is 3.72. The van der Waals surface area contributed by atoms with Gasteiger partial charge < -0.3 is 23.9 Å². The maximum atomic E-state index is 13.0. The zero-order valence-corrected chi connectivity index (χ0v) is 16.0. The molecule has 0 saturated heterocycles. The lowest BCUT2D eigenvalue weighted by atomic mass is 10.1. The number of ether oxygens (including phenoxy) is 3. The van der Waals surface area contributed by atoms with E-state index in [1.807, 2.05) is 0 Å². The first-order valence-corrected chi connectivity index (χ1v) is 8.48. The Morgan fingerprint density at radius 3 is 2.45 bits per heavy atom. The molecule has 1 aromatic carbocycles. The van der Waals surface area contributed by atoms with Gasteiger partial charge in [0.05, 0.1) is 17.9 Å². The van der Waals surface area contributed by atoms with Gasteiger partial charge in [-0.2, -0.15) is 13.2 Å². The van der Waals surface area contributed by atoms with Gasteiger partial charge in [-0.05, 0) is 38.1 Å². The van der Waals surface area contributed by atoms with Crippen molar-refractivity contribution in [1.82, 2.24) is 0 Å². The van der Waals surface area contributed by atoms with E-state index in [0.29, 0.717) is 11.5 Å². The number of alkyl halides is 3. The lowest BCUT2D eigenvalue weighted by molar-refractivity contribution is -0.137. The van der Waals surface area contributed by atoms with Gasteiger partial charge in [-0.25, -0.2) is 4.79 Å². The van der Waals surface area contributed by atoms with E-state index in [-0.39, 0.29) is 30.2 Å². The van der Waals surface area contributed by atoms with Gasteiger partial charge in [0, 0.05) is 7.11 Å². The molecule has 7 nitrogen and oxygen atoms in total. The molecule has 10 heteroatoms. The van der Waals surface area contributed by atoms with Gasteiger partial charge >= 0.3 is 12.1 Å². The number of furan rings is 1. The van der Waals surface area contributed by atoms with E-state index >= 15 is 0 Å². The van der Waals surface area contributed by atoms with Crippen LogP contribution in [0.5, 0.6) is 5.75 Å². The first-order valence-electron chi connectivity index (χ1n) is 8.48. The Balaban J connectivity index is 2.08. The second kappa shape index (κ2) is 9.46. The maximum Gasteiger partial charge on any atom is 0.416 e. The summed E-state index contributed by atoms with van der Waals surface area (Å²) in [4.78, 5) is 24.1. The number of rotatable bonds is 8. The van der Waals surface area contributed by atoms with Crippen molar-refractivity contribution in [1.29, 1.82) is 0 Å². The molecule has 29 heavy (non-hydrogen) atoms. The van der Waals surface area contributed by atoms with Crippen LogP contribution in [0, 0.1) is 13.8 Å². The fourth-order valence-corrected chi connectivity index (χ4v) is 2.39. The summed E-state index contributed by atoms with van der Waals surface area (Å²) in [6.07, 6.45) is -4.60. The van der Waals surface area contributed by atoms with Crippen LogP contribution in [-0.4, -0.2) is 38.8 Å². The molecule has 0 aliphatic heterocycles. The highest BCUT2D eigenvalue weighted by molar-refractivity contribution is 5.96. The van der Waals surface area contributed by atoms with E-state index in [1.165, 1.54) is 13.2 Å². The van der Waals surface area contributed by atoms with Crippen LogP contribution >= 0.6 is 0 Å². The molecule has 1 N–H and O–H groups in total. The van der Waals surface area contributed by atoms with Crippen LogP contribution in [0.4, 0.5) is 18.9 Å². The summed E-state index contributed by atoms with van der Waals surface area (Å²) < 4.78 is 59.2. The zero-order valence-electron chi connectivity index (χ0n) is 16.0. The predicted molar refractivity (Wildman–Crippen MR) is 95.9 cm³/mol. The third kappa shape index (κ3) is 6.24. The first-order chi connectivity index (χ1) is 13.6. The fraction of sp³-hybridized carbons (Fsp3) is 0.368. The molecule has 1 heterocycles. The zero-order chi connectivity index (χ0) is 21.6. The first kappa shape index (κ1) is 22.3. The van der Waals surface area contributed by atoms with Crippen LogP contribution in [0.2, 0.25) is 0 Å². The van der Waals surface area contributed by atoms with Crippen LogP contribution in [0.1, 0.15) is 27.4 Å². The molecule has 0 bridgehead atoms. The summed E-state index contributed by atoms with van der Waals surface area (Å²) in [5.41, 5.74) is -1.00. The highest BCUT2D eigenvalue weighted by Crippen LogP contribution is 2.35. The molecule has 2 rings (SSSR count). The van der Waals surface area contributed by atoms with Gasteiger partial charge in [0.1, 0.15) is 29.4 Å². The molecule has 0 atom stereocenters. The van der Waals surface area contributed by atoms with Gasteiger partial charge in [0.15, 0.2) is 6.61 Å². The topological polar surface area (TPSA) is 87.0 Å². The molecule has 0 fully saturated rings. The Kier molecular flexibility index (Phi) is 7.27. The summed E-state index contributed by atoms with van der Waals surface area (Å²) in [5, 5.41) is 2.27. The Hall–Kier alpha value is -3.01. The molecule has 0 radical (unpaired) electrons. The van der Waals surface area contributed by atoms with Crippen molar-refractivity contribution in [2.75, 3.05) is 32.2 Å². The average molecular weight is 415 g/mol. The number of carbonyl (C=O) groups is 2. The van der Waals surface area contributed by atoms with Gasteiger partial charge in [-0.3, -0.25) is 4.79 Å². The minimum absolute atomic E-state index is 0.0241. The van der Waals surface area contributed by atoms with Gasteiger partial charge in [0.25, 0.3) is 5.91 Å². The lowest BCUT2D eigenvalue weighted by Gasteiger charge is -2.15. The summed E-state index contributed by atoms with van der Waals surface area (Å²) in [6, 6.07) is 4.13. The molecule has 0 saturated carbocycles. The lowest BCUT2D eigenvalue weighted by Crippen LogP contribution is -2.22. The van der Waals surface area contributed by atoms with E-state index in [4.69, 9.17) is 18.6 Å². The SMILES string of the molecule is COCCOc1ccc(C(F)(F)F)cc1NC(=O)COC(=O)c1cc(C)oc1C. The summed E-state index contributed by atoms with van der Waals surface area (Å²) in [7, 11) is 1.44. The van der Waals surface area contributed by atoms with E-state index < -0.39 is 30.2 Å². The number of amides is 1. The minimum Gasteiger partial charge on any atom is -0.489 e. The number of benzene rings is 1. The van der Waals surface area contributed by atoms with Crippen LogP contribution in [0.3, 0.4) is 0 Å². The number of nitrogens with one attached hydrogen (secondary N) is 1. The number of methoxy groups -OCH3 is 1. The van der Waals surface area contributed by atoms with Crippen molar-refractivity contribution in [3.63, 3.8) is 0 Å². The molecule has 0 unspecified atom stereocenters. The van der Waals surface area contributed by atoms with Crippen molar-refractivity contribution in [3.05, 3.63) is 46.9 Å². The van der Waals surface area contributed by atoms with E-state index in [2.05, 4.69) is 5.32 Å². The molecule has 2 aromatic rings. The Morgan fingerprint density at radius 2 is 1.86 bits per heavy atom. The smallest absolute Gasteiger partial charge is 0.416 e. The van der Waals surface area contributed by atoms with Gasteiger partial charge in [-0.15, -0.1) is 0 Å². The predicted octanol–water partition coefficient (Wildman–Crippen LogP) is 3.74. The normalized spacial score (nSPS) is 11.2. The number of carbonyl (C=O) groups excluding carboxylic acids is 2. The number of halogens is 3. The highest BCUT2D eigenvalue weighted by atomic mass is 19.4. The van der Waals surface area contributed by atoms with Crippen LogP contribution in [-0.2, 0) is 20.4 Å². The van der Waals surface area contributed by atoms with Crippen molar-refractivity contribution in [2.45, 2.75) is 20.0 Å². The number of aryl methyl sites for hydroxylation is 2. The maximum absolute atomic E-state index is 13.0. The fourth-order valence-electron chi connectivity index (χ4n) is 2.39. The second-order valence-electron chi connectivity index (χ2n) is 6.00. The van der Waals surface area contributed by atoms with Crippen molar-refractivity contribution in [2.24, 2.45) is 0 Å².